The molecule has 7 atom stereocenters. The normalized spacial score (nSPS) is 29.4. The van der Waals surface area contributed by atoms with Gasteiger partial charge in [-0.2, -0.15) is 0 Å². The van der Waals surface area contributed by atoms with Crippen LogP contribution in [0.4, 0.5) is 10.1 Å². The van der Waals surface area contributed by atoms with E-state index in [1.54, 1.807) is 11.8 Å². The first-order chi connectivity index (χ1) is 20.0. The number of imide groups is 1. The van der Waals surface area contributed by atoms with Gasteiger partial charge in [-0.3, -0.25) is 19.3 Å². The van der Waals surface area contributed by atoms with Gasteiger partial charge in [-0.15, -0.1) is 11.8 Å². The highest BCUT2D eigenvalue weighted by molar-refractivity contribution is 8.00. The molecule has 3 heterocycles. The second-order valence-corrected chi connectivity index (χ2v) is 13.5. The standard InChI is InChI=1S/C32H25FN2O4S2/c33-17-10-12-18(13-11-17)35-30(36)25-20-14-21(26(25)31(35)37)27-24(20)23(28-29(40-27)34-32(38)41-28)19-8-4-5-9-22(19)39-15-16-6-2-1-3-7-16/h1-13,20-21,23-27H,14-15H2,(H,34,38)/t20?,21?,23-,24?,25?,26?,27?/m1/s1. The van der Waals surface area contributed by atoms with E-state index >= 15 is 0 Å². The molecule has 8 rings (SSSR count). The van der Waals surface area contributed by atoms with Gasteiger partial charge in [-0.1, -0.05) is 59.9 Å². The summed E-state index contributed by atoms with van der Waals surface area (Å²) in [5, 5.41) is 0.941. The molecule has 0 spiro atoms. The Balaban J connectivity index is 1.19. The Morgan fingerprint density at radius 3 is 2.37 bits per heavy atom. The zero-order chi connectivity index (χ0) is 27.8. The van der Waals surface area contributed by atoms with E-state index in [4.69, 9.17) is 4.74 Å². The third-order valence-corrected chi connectivity index (χ3v) is 11.9. The molecule has 4 aromatic rings. The number of rotatable bonds is 5. The number of halogens is 1. The summed E-state index contributed by atoms with van der Waals surface area (Å²) in [5.74, 6) is -0.914. The summed E-state index contributed by atoms with van der Waals surface area (Å²) in [7, 11) is 0. The topological polar surface area (TPSA) is 79.5 Å². The number of para-hydroxylation sites is 1. The summed E-state index contributed by atoms with van der Waals surface area (Å²) >= 11 is 2.89. The van der Waals surface area contributed by atoms with Crippen molar-refractivity contribution in [2.24, 2.45) is 29.6 Å². The molecule has 6 nitrogen and oxygen atoms in total. The number of thioether (sulfide) groups is 1. The van der Waals surface area contributed by atoms with Crippen molar-refractivity contribution in [1.29, 1.82) is 0 Å². The summed E-state index contributed by atoms with van der Waals surface area (Å²) in [6, 6.07) is 23.6. The molecular formula is C32H25FN2O4S2. The number of fused-ring (bicyclic) bond motifs is 9. The number of hydrogen-bond donors (Lipinski definition) is 1. The molecule has 3 fully saturated rings. The maximum absolute atomic E-state index is 13.9. The van der Waals surface area contributed by atoms with Gasteiger partial charge in [0.2, 0.25) is 11.8 Å². The minimum atomic E-state index is -0.420. The molecule has 41 heavy (non-hydrogen) atoms. The molecule has 4 aliphatic rings. The molecule has 2 saturated carbocycles. The highest BCUT2D eigenvalue weighted by Gasteiger charge is 2.69. The molecule has 3 aromatic carbocycles. The second-order valence-electron chi connectivity index (χ2n) is 11.3. The van der Waals surface area contributed by atoms with Crippen molar-refractivity contribution in [3.8, 4) is 5.75 Å². The molecule has 2 bridgehead atoms. The van der Waals surface area contributed by atoms with E-state index in [0.717, 1.165) is 33.2 Å². The Kier molecular flexibility index (Phi) is 5.76. The van der Waals surface area contributed by atoms with Crippen molar-refractivity contribution in [3.05, 3.63) is 110 Å². The van der Waals surface area contributed by atoms with Crippen molar-refractivity contribution >= 4 is 40.6 Å². The summed E-state index contributed by atoms with van der Waals surface area (Å²) < 4.78 is 20.0. The number of amides is 2. The predicted molar refractivity (Wildman–Crippen MR) is 155 cm³/mol. The average Bonchev–Trinajstić information content (AvgIpc) is 3.72. The number of nitrogens with one attached hydrogen (secondary N) is 1. The molecule has 2 aliphatic heterocycles. The van der Waals surface area contributed by atoms with Crippen molar-refractivity contribution < 1.29 is 18.7 Å². The van der Waals surface area contributed by atoms with Gasteiger partial charge < -0.3 is 9.72 Å². The van der Waals surface area contributed by atoms with Crippen LogP contribution in [0.1, 0.15) is 28.3 Å². The van der Waals surface area contributed by atoms with Gasteiger partial charge in [0.05, 0.1) is 22.5 Å². The zero-order valence-electron chi connectivity index (χ0n) is 21.7. The number of anilines is 1. The van der Waals surface area contributed by atoms with Crippen LogP contribution in [0.5, 0.6) is 5.75 Å². The Bertz CT molecular complexity index is 1740. The fourth-order valence-corrected chi connectivity index (χ4v) is 10.7. The number of benzene rings is 3. The van der Waals surface area contributed by atoms with Crippen LogP contribution in [0.3, 0.4) is 0 Å². The summed E-state index contributed by atoms with van der Waals surface area (Å²) in [6.45, 7) is 0.417. The van der Waals surface area contributed by atoms with E-state index < -0.39 is 17.7 Å². The van der Waals surface area contributed by atoms with Crippen LogP contribution in [0, 0.1) is 35.4 Å². The van der Waals surface area contributed by atoms with E-state index in [2.05, 4.69) is 11.1 Å². The van der Waals surface area contributed by atoms with Gasteiger partial charge in [0.25, 0.3) is 0 Å². The van der Waals surface area contributed by atoms with Gasteiger partial charge in [0.15, 0.2) is 0 Å². The van der Waals surface area contributed by atoms with E-state index in [-0.39, 0.29) is 45.6 Å². The van der Waals surface area contributed by atoms with E-state index in [1.165, 1.54) is 40.5 Å². The Morgan fingerprint density at radius 1 is 0.878 bits per heavy atom. The number of thiazole rings is 1. The summed E-state index contributed by atoms with van der Waals surface area (Å²) in [6.07, 6.45) is 0.801. The number of carbonyl (C=O) groups is 2. The predicted octanol–water partition coefficient (Wildman–Crippen LogP) is 5.83. The molecule has 2 amide bonds. The molecule has 6 unspecified atom stereocenters. The fraction of sp³-hybridized carbons (Fsp3) is 0.281. The monoisotopic (exact) mass is 584 g/mol. The van der Waals surface area contributed by atoms with Crippen LogP contribution < -0.4 is 14.5 Å². The first-order valence-electron chi connectivity index (χ1n) is 13.8. The van der Waals surface area contributed by atoms with Crippen LogP contribution in [-0.2, 0) is 16.2 Å². The van der Waals surface area contributed by atoms with E-state index in [9.17, 15) is 18.8 Å². The Hall–Kier alpha value is -3.69. The lowest BCUT2D eigenvalue weighted by Crippen LogP contribution is -2.42. The molecule has 2 aliphatic carbocycles. The molecular weight excluding hydrogens is 559 g/mol. The molecule has 1 aromatic heterocycles. The minimum absolute atomic E-state index is 0.0121. The highest BCUT2D eigenvalue weighted by Crippen LogP contribution is 2.69. The smallest absolute Gasteiger partial charge is 0.305 e. The van der Waals surface area contributed by atoms with Gasteiger partial charge in [0.1, 0.15) is 18.2 Å². The summed E-state index contributed by atoms with van der Waals surface area (Å²) in [4.78, 5) is 45.5. The molecule has 1 saturated heterocycles. The van der Waals surface area contributed by atoms with Crippen LogP contribution in [0.2, 0.25) is 0 Å². The van der Waals surface area contributed by atoms with Gasteiger partial charge >= 0.3 is 4.87 Å². The molecule has 9 heteroatoms. The van der Waals surface area contributed by atoms with E-state index in [1.807, 2.05) is 48.5 Å². The lowest BCUT2D eigenvalue weighted by molar-refractivity contribution is -0.123. The maximum Gasteiger partial charge on any atom is 0.305 e. The van der Waals surface area contributed by atoms with E-state index in [0.29, 0.717) is 12.3 Å². The number of aromatic nitrogens is 1. The SMILES string of the molecule is O=C1C2C3CC(C2C(=O)N1c1ccc(F)cc1)C1C3Sc2[nH]c(=O)sc2[C@@H]1c1ccccc1OCc1ccccc1. The number of H-pyrrole nitrogens is 1. The first-order valence-corrected chi connectivity index (χ1v) is 15.5. The fourth-order valence-electron chi connectivity index (χ4n) is 7.81. The highest BCUT2D eigenvalue weighted by atomic mass is 32.2. The lowest BCUT2D eigenvalue weighted by atomic mass is 9.68. The zero-order valence-corrected chi connectivity index (χ0v) is 23.4. The largest absolute Gasteiger partial charge is 0.489 e. The Labute approximate surface area is 243 Å². The van der Waals surface area contributed by atoms with Crippen LogP contribution in [-0.4, -0.2) is 22.0 Å². The quantitative estimate of drug-likeness (QED) is 0.299. The number of ether oxygens (including phenoxy) is 1. The molecule has 1 N–H and O–H groups in total. The van der Waals surface area contributed by atoms with Gasteiger partial charge in [0, 0.05) is 21.6 Å². The van der Waals surface area contributed by atoms with Gasteiger partial charge in [-0.05, 0) is 60.1 Å². The number of carbonyl (C=O) groups excluding carboxylic acids is 2. The first kappa shape index (κ1) is 25.1. The summed E-state index contributed by atoms with van der Waals surface area (Å²) in [5.41, 5.74) is 2.49. The third kappa shape index (κ3) is 3.78. The molecule has 0 radical (unpaired) electrons. The third-order valence-electron chi connectivity index (χ3n) is 9.30. The van der Waals surface area contributed by atoms with Crippen LogP contribution in [0.15, 0.2) is 88.7 Å². The van der Waals surface area contributed by atoms with Crippen molar-refractivity contribution in [3.63, 3.8) is 0 Å². The lowest BCUT2D eigenvalue weighted by Gasteiger charge is -2.43. The minimum Gasteiger partial charge on any atom is -0.489 e. The number of nitrogens with zero attached hydrogens (tertiary/aromatic N) is 1. The van der Waals surface area contributed by atoms with Crippen molar-refractivity contribution in [2.45, 2.75) is 29.2 Å². The van der Waals surface area contributed by atoms with Crippen molar-refractivity contribution in [1.82, 2.24) is 4.98 Å². The molecule has 206 valence electrons. The average molecular weight is 585 g/mol. The second kappa shape index (κ2) is 9.42. The van der Waals surface area contributed by atoms with Gasteiger partial charge in [-0.25, -0.2) is 4.39 Å². The number of hydrogen-bond acceptors (Lipinski definition) is 6. The van der Waals surface area contributed by atoms with Crippen LogP contribution in [0.25, 0.3) is 0 Å². The van der Waals surface area contributed by atoms with Crippen LogP contribution >= 0.6 is 23.1 Å². The Morgan fingerprint density at radius 2 is 1.59 bits per heavy atom. The maximum atomic E-state index is 13.9. The van der Waals surface area contributed by atoms with Crippen molar-refractivity contribution in [2.75, 3.05) is 4.90 Å². The number of aromatic amines is 1.